The Labute approximate surface area is 260 Å². The van der Waals surface area contributed by atoms with Gasteiger partial charge in [-0.3, -0.25) is 4.90 Å². The van der Waals surface area contributed by atoms with Crippen LogP contribution in [0.4, 0.5) is 0 Å². The molecule has 1 atom stereocenters. The van der Waals surface area contributed by atoms with E-state index in [1.54, 1.807) is 26.2 Å². The fraction of sp³-hybridized carbons (Fsp3) is 0.400. The van der Waals surface area contributed by atoms with Gasteiger partial charge in [-0.1, -0.05) is 36.9 Å². The highest BCUT2D eigenvalue weighted by Gasteiger charge is 2.22. The summed E-state index contributed by atoms with van der Waals surface area (Å²) in [5.74, 6) is 0.104. The zero-order valence-electron chi connectivity index (χ0n) is 26.7. The highest BCUT2D eigenvalue weighted by atomic mass is 16.5. The number of benzene rings is 2. The molecule has 44 heavy (non-hydrogen) atoms. The monoisotopic (exact) mass is 600 g/mol. The van der Waals surface area contributed by atoms with Gasteiger partial charge < -0.3 is 19.3 Å². The number of carboxylic acid groups (broad SMARTS) is 1. The molecule has 0 fully saturated rings. The fourth-order valence-electron chi connectivity index (χ4n) is 5.71. The summed E-state index contributed by atoms with van der Waals surface area (Å²) >= 11 is 0. The predicted molar refractivity (Wildman–Crippen MR) is 174 cm³/mol. The number of allylic oxidation sites excluding steroid dienone is 2. The van der Waals surface area contributed by atoms with Crippen molar-refractivity contribution in [3.05, 3.63) is 94.2 Å². The number of carbonyl (C=O) groups is 1. The molecule has 0 radical (unpaired) electrons. The molecule has 1 aliphatic rings. The van der Waals surface area contributed by atoms with Crippen LogP contribution in [0.1, 0.15) is 64.5 Å². The SMILES string of the molecule is C=C/C=C(\N=C(/C)c1cccc(C)c1OCc1ccc2c(c1C)CCN(C(C)COC)CC2)n1ncc(C(=O)O)c1OCC. The van der Waals surface area contributed by atoms with Gasteiger partial charge in [0.1, 0.15) is 17.9 Å². The minimum absolute atomic E-state index is 0.0393. The van der Waals surface area contributed by atoms with Crippen LogP contribution < -0.4 is 9.47 Å². The molecule has 0 bridgehead atoms. The average molecular weight is 601 g/mol. The van der Waals surface area contributed by atoms with Gasteiger partial charge in [0, 0.05) is 31.8 Å². The van der Waals surface area contributed by atoms with Crippen molar-refractivity contribution < 1.29 is 24.1 Å². The van der Waals surface area contributed by atoms with E-state index in [-0.39, 0.29) is 18.1 Å². The standard InChI is InChI=1S/C35H44N4O5/c1-8-11-32(39-34(43-9-2)31(20-36-39)35(40)41)37-26(6)30-13-10-12-23(3)33(30)44-22-28-15-14-27-16-18-38(24(4)21-42-7)19-17-29(27)25(28)5/h8,10-15,20,24H,1,9,16-19,21-22H2,2-7H3,(H,40,41)/b32-11+,37-26+. The van der Waals surface area contributed by atoms with Gasteiger partial charge in [0.25, 0.3) is 0 Å². The molecule has 1 unspecified atom stereocenters. The van der Waals surface area contributed by atoms with Gasteiger partial charge in [-0.25, -0.2) is 9.79 Å². The number of aromatic carboxylic acids is 1. The Kier molecular flexibility index (Phi) is 11.1. The molecule has 0 saturated carbocycles. The number of aryl methyl sites for hydroxylation is 1. The fourth-order valence-corrected chi connectivity index (χ4v) is 5.71. The third kappa shape index (κ3) is 7.29. The van der Waals surface area contributed by atoms with Crippen molar-refractivity contribution in [2.24, 2.45) is 4.99 Å². The van der Waals surface area contributed by atoms with E-state index in [1.807, 2.05) is 32.0 Å². The lowest BCUT2D eigenvalue weighted by molar-refractivity contribution is 0.0692. The summed E-state index contributed by atoms with van der Waals surface area (Å²) in [5.41, 5.74) is 7.75. The van der Waals surface area contributed by atoms with Crippen molar-refractivity contribution in [1.29, 1.82) is 0 Å². The first-order chi connectivity index (χ1) is 21.2. The quantitative estimate of drug-likeness (QED) is 0.187. The first-order valence-corrected chi connectivity index (χ1v) is 15.1. The van der Waals surface area contributed by atoms with Crippen molar-refractivity contribution in [3.8, 4) is 11.6 Å². The lowest BCUT2D eigenvalue weighted by Gasteiger charge is -2.26. The zero-order chi connectivity index (χ0) is 31.8. The Bertz CT molecular complexity index is 1550. The highest BCUT2D eigenvalue weighted by molar-refractivity contribution is 6.03. The number of hydrogen-bond donors (Lipinski definition) is 1. The maximum atomic E-state index is 11.8. The Morgan fingerprint density at radius 3 is 2.64 bits per heavy atom. The first kappa shape index (κ1) is 32.7. The van der Waals surface area contributed by atoms with Crippen LogP contribution >= 0.6 is 0 Å². The van der Waals surface area contributed by atoms with Crippen LogP contribution in [0.15, 0.2) is 60.3 Å². The molecule has 0 aliphatic carbocycles. The molecule has 1 aromatic heterocycles. The number of carboxylic acids is 1. The second-order valence-corrected chi connectivity index (χ2v) is 11.0. The molecule has 9 heteroatoms. The number of aromatic nitrogens is 2. The van der Waals surface area contributed by atoms with Crippen LogP contribution in [-0.4, -0.2) is 70.9 Å². The summed E-state index contributed by atoms with van der Waals surface area (Å²) in [6.45, 7) is 17.4. The predicted octanol–water partition coefficient (Wildman–Crippen LogP) is 6.10. The Hall–Kier alpha value is -4.21. The molecule has 0 spiro atoms. The molecule has 2 aromatic carbocycles. The van der Waals surface area contributed by atoms with Crippen molar-refractivity contribution in [2.45, 2.75) is 60.1 Å². The second kappa shape index (κ2) is 15.0. The number of methoxy groups -OCH3 is 1. The summed E-state index contributed by atoms with van der Waals surface area (Å²) in [5, 5.41) is 13.9. The van der Waals surface area contributed by atoms with Crippen molar-refractivity contribution in [2.75, 3.05) is 33.4 Å². The topological polar surface area (TPSA) is 98.4 Å². The minimum Gasteiger partial charge on any atom is -0.488 e. The number of hydrogen-bond acceptors (Lipinski definition) is 7. The molecular weight excluding hydrogens is 556 g/mol. The average Bonchev–Trinajstić information content (AvgIpc) is 3.28. The number of aliphatic imine (C=N–C) groups is 1. The largest absolute Gasteiger partial charge is 0.488 e. The molecule has 2 heterocycles. The van der Waals surface area contributed by atoms with Gasteiger partial charge in [0.15, 0.2) is 5.82 Å². The smallest absolute Gasteiger partial charge is 0.342 e. The Morgan fingerprint density at radius 1 is 1.16 bits per heavy atom. The Balaban J connectivity index is 1.61. The van der Waals surface area contributed by atoms with Crippen LogP contribution in [-0.2, 0) is 24.2 Å². The maximum Gasteiger partial charge on any atom is 0.342 e. The molecule has 0 amide bonds. The van der Waals surface area contributed by atoms with Crippen molar-refractivity contribution in [3.63, 3.8) is 0 Å². The van der Waals surface area contributed by atoms with Crippen LogP contribution in [0, 0.1) is 13.8 Å². The normalized spacial score (nSPS) is 15.0. The van der Waals surface area contributed by atoms with E-state index in [2.05, 4.69) is 42.6 Å². The van der Waals surface area contributed by atoms with Gasteiger partial charge in [0.05, 0.1) is 25.1 Å². The summed E-state index contributed by atoms with van der Waals surface area (Å²) in [6.07, 6.45) is 6.53. The number of nitrogens with zero attached hydrogens (tertiary/aromatic N) is 4. The molecule has 4 rings (SSSR count). The van der Waals surface area contributed by atoms with Crippen LogP contribution in [0.2, 0.25) is 0 Å². The lowest BCUT2D eigenvalue weighted by atomic mass is 9.94. The van der Waals surface area contributed by atoms with E-state index in [4.69, 9.17) is 19.2 Å². The van der Waals surface area contributed by atoms with E-state index in [1.165, 1.54) is 27.6 Å². The number of ether oxygens (including phenoxy) is 3. The number of fused-ring (bicyclic) bond motifs is 1. The maximum absolute atomic E-state index is 11.8. The third-order valence-corrected chi connectivity index (χ3v) is 8.13. The van der Waals surface area contributed by atoms with Crippen molar-refractivity contribution >= 4 is 17.5 Å². The number of rotatable bonds is 13. The molecule has 1 aliphatic heterocycles. The molecule has 3 aromatic rings. The lowest BCUT2D eigenvalue weighted by Crippen LogP contribution is -2.38. The van der Waals surface area contributed by atoms with E-state index < -0.39 is 5.97 Å². The Morgan fingerprint density at radius 2 is 1.93 bits per heavy atom. The molecule has 9 nitrogen and oxygen atoms in total. The van der Waals surface area contributed by atoms with E-state index in [9.17, 15) is 9.90 Å². The van der Waals surface area contributed by atoms with Gasteiger partial charge in [-0.05, 0) is 87.4 Å². The summed E-state index contributed by atoms with van der Waals surface area (Å²) in [7, 11) is 1.76. The summed E-state index contributed by atoms with van der Waals surface area (Å²) in [4.78, 5) is 19.1. The van der Waals surface area contributed by atoms with Crippen LogP contribution in [0.5, 0.6) is 11.6 Å². The molecule has 0 saturated heterocycles. The summed E-state index contributed by atoms with van der Waals surface area (Å²) < 4.78 is 19.0. The first-order valence-electron chi connectivity index (χ1n) is 15.1. The zero-order valence-corrected chi connectivity index (χ0v) is 26.7. The van der Waals surface area contributed by atoms with Gasteiger partial charge in [-0.2, -0.15) is 9.78 Å². The van der Waals surface area contributed by atoms with Crippen LogP contribution in [0.25, 0.3) is 5.82 Å². The summed E-state index contributed by atoms with van der Waals surface area (Å²) in [6, 6.07) is 10.8. The molecule has 1 N–H and O–H groups in total. The van der Waals surface area contributed by atoms with E-state index >= 15 is 0 Å². The molecule has 234 valence electrons. The van der Waals surface area contributed by atoms with Crippen molar-refractivity contribution in [1.82, 2.24) is 14.7 Å². The van der Waals surface area contributed by atoms with Gasteiger partial charge in [-0.15, -0.1) is 0 Å². The van der Waals surface area contributed by atoms with E-state index in [0.717, 1.165) is 55.0 Å². The van der Waals surface area contributed by atoms with Gasteiger partial charge in [0.2, 0.25) is 5.88 Å². The molecular formula is C35H44N4O5. The number of para-hydroxylation sites is 1. The minimum atomic E-state index is -1.13. The van der Waals surface area contributed by atoms with Crippen LogP contribution in [0.3, 0.4) is 0 Å². The van der Waals surface area contributed by atoms with E-state index in [0.29, 0.717) is 24.2 Å². The van der Waals surface area contributed by atoms with Gasteiger partial charge >= 0.3 is 5.97 Å². The second-order valence-electron chi connectivity index (χ2n) is 11.0. The third-order valence-electron chi connectivity index (χ3n) is 8.13. The highest BCUT2D eigenvalue weighted by Crippen LogP contribution is 2.30.